The number of aliphatic hydroxyl groups excluding tert-OH is 1. The summed E-state index contributed by atoms with van der Waals surface area (Å²) in [7, 11) is 0. The van der Waals surface area contributed by atoms with Gasteiger partial charge in [0, 0.05) is 44.6 Å². The van der Waals surface area contributed by atoms with Crippen molar-refractivity contribution in [3.05, 3.63) is 16.1 Å². The fraction of sp³-hybridized carbons (Fsp3) is 0.786. The van der Waals surface area contributed by atoms with E-state index in [1.807, 2.05) is 0 Å². The van der Waals surface area contributed by atoms with E-state index in [1.165, 1.54) is 5.01 Å². The van der Waals surface area contributed by atoms with Crippen LogP contribution in [-0.4, -0.2) is 72.4 Å². The molecule has 0 unspecified atom stereocenters. The van der Waals surface area contributed by atoms with Crippen LogP contribution in [0.25, 0.3) is 0 Å². The summed E-state index contributed by atoms with van der Waals surface area (Å²) >= 11 is 1.73. The molecule has 1 saturated heterocycles. The molecule has 1 fully saturated rings. The van der Waals surface area contributed by atoms with Crippen LogP contribution in [0.5, 0.6) is 0 Å². The third-order valence-electron chi connectivity index (χ3n) is 3.54. The van der Waals surface area contributed by atoms with Crippen molar-refractivity contribution in [2.75, 3.05) is 52.5 Å². The Morgan fingerprint density at radius 3 is 2.85 bits per heavy atom. The molecule has 5 nitrogen and oxygen atoms in total. The number of aliphatic hydroxyl groups is 1. The van der Waals surface area contributed by atoms with Crippen LogP contribution < -0.4 is 0 Å². The van der Waals surface area contributed by atoms with Crippen molar-refractivity contribution >= 4 is 11.3 Å². The molecule has 0 spiro atoms. The standard InChI is InChI=1S/C14H25N3O2S/c1-2-14-15-13(12-20-14)11-17(5-8-18)4-3-16-6-9-19-10-7-16/h12,18H,2-11H2,1H3. The maximum Gasteiger partial charge on any atom is 0.0926 e. The van der Waals surface area contributed by atoms with E-state index in [-0.39, 0.29) is 6.61 Å². The van der Waals surface area contributed by atoms with Gasteiger partial charge in [-0.2, -0.15) is 0 Å². The number of aromatic nitrogens is 1. The van der Waals surface area contributed by atoms with Crippen LogP contribution in [-0.2, 0) is 17.7 Å². The van der Waals surface area contributed by atoms with Gasteiger partial charge in [-0.25, -0.2) is 4.98 Å². The SMILES string of the molecule is CCc1nc(CN(CCO)CCN2CCOCC2)cs1. The van der Waals surface area contributed by atoms with Crippen molar-refractivity contribution in [3.63, 3.8) is 0 Å². The van der Waals surface area contributed by atoms with Crippen molar-refractivity contribution in [1.82, 2.24) is 14.8 Å². The first kappa shape index (κ1) is 15.9. The Hall–Kier alpha value is -0.530. The lowest BCUT2D eigenvalue weighted by Crippen LogP contribution is -2.41. The predicted octanol–water partition coefficient (Wildman–Crippen LogP) is 0.832. The predicted molar refractivity (Wildman–Crippen MR) is 81.1 cm³/mol. The number of aryl methyl sites for hydroxylation is 1. The maximum atomic E-state index is 9.21. The molecule has 0 bridgehead atoms. The van der Waals surface area contributed by atoms with Crippen LogP contribution in [0, 0.1) is 0 Å². The molecular weight excluding hydrogens is 274 g/mol. The lowest BCUT2D eigenvalue weighted by Gasteiger charge is -2.29. The number of ether oxygens (including phenoxy) is 1. The summed E-state index contributed by atoms with van der Waals surface area (Å²) in [6.45, 7) is 9.60. The molecular formula is C14H25N3O2S. The Morgan fingerprint density at radius 1 is 1.40 bits per heavy atom. The van der Waals surface area contributed by atoms with Gasteiger partial charge in [-0.3, -0.25) is 9.80 Å². The van der Waals surface area contributed by atoms with Gasteiger partial charge in [0.1, 0.15) is 0 Å². The van der Waals surface area contributed by atoms with Gasteiger partial charge >= 0.3 is 0 Å². The number of rotatable bonds is 8. The second-order valence-electron chi connectivity index (χ2n) is 5.04. The summed E-state index contributed by atoms with van der Waals surface area (Å²) in [5, 5.41) is 12.5. The molecule has 0 saturated carbocycles. The number of morpholine rings is 1. The molecule has 0 amide bonds. The minimum absolute atomic E-state index is 0.202. The van der Waals surface area contributed by atoms with E-state index in [9.17, 15) is 5.11 Å². The average molecular weight is 299 g/mol. The van der Waals surface area contributed by atoms with Crippen molar-refractivity contribution < 1.29 is 9.84 Å². The normalized spacial score (nSPS) is 16.9. The van der Waals surface area contributed by atoms with Gasteiger partial charge in [-0.15, -0.1) is 11.3 Å². The Kier molecular flexibility index (Phi) is 6.89. The molecule has 0 atom stereocenters. The topological polar surface area (TPSA) is 48.8 Å². The maximum absolute atomic E-state index is 9.21. The lowest BCUT2D eigenvalue weighted by atomic mass is 10.3. The van der Waals surface area contributed by atoms with Crippen LogP contribution in [0.4, 0.5) is 0 Å². The molecule has 114 valence electrons. The summed E-state index contributed by atoms with van der Waals surface area (Å²) in [5.41, 5.74) is 1.13. The molecule has 6 heteroatoms. The zero-order chi connectivity index (χ0) is 14.2. The second kappa shape index (κ2) is 8.69. The highest BCUT2D eigenvalue weighted by atomic mass is 32.1. The van der Waals surface area contributed by atoms with Crippen LogP contribution >= 0.6 is 11.3 Å². The minimum atomic E-state index is 0.202. The Balaban J connectivity index is 1.79. The first-order valence-corrected chi connectivity index (χ1v) is 8.26. The van der Waals surface area contributed by atoms with E-state index in [2.05, 4.69) is 27.1 Å². The highest BCUT2D eigenvalue weighted by Crippen LogP contribution is 2.12. The van der Waals surface area contributed by atoms with Gasteiger partial charge in [0.25, 0.3) is 0 Å². The number of nitrogens with zero attached hydrogens (tertiary/aromatic N) is 3. The zero-order valence-corrected chi connectivity index (χ0v) is 13.1. The third-order valence-corrected chi connectivity index (χ3v) is 4.58. The van der Waals surface area contributed by atoms with Crippen LogP contribution in [0.2, 0.25) is 0 Å². The summed E-state index contributed by atoms with van der Waals surface area (Å²) in [5.74, 6) is 0. The second-order valence-corrected chi connectivity index (χ2v) is 5.98. The van der Waals surface area contributed by atoms with Gasteiger partial charge < -0.3 is 9.84 Å². The highest BCUT2D eigenvalue weighted by Gasteiger charge is 2.13. The molecule has 1 aromatic rings. The van der Waals surface area contributed by atoms with Crippen molar-refractivity contribution in [3.8, 4) is 0 Å². The summed E-state index contributed by atoms with van der Waals surface area (Å²) in [6.07, 6.45) is 0.998. The molecule has 0 radical (unpaired) electrons. The fourth-order valence-corrected chi connectivity index (χ4v) is 3.07. The molecule has 1 aliphatic heterocycles. The Labute approximate surface area is 125 Å². The van der Waals surface area contributed by atoms with Crippen LogP contribution in [0.3, 0.4) is 0 Å². The average Bonchev–Trinajstić information content (AvgIpc) is 2.94. The van der Waals surface area contributed by atoms with Crippen molar-refractivity contribution in [1.29, 1.82) is 0 Å². The van der Waals surface area contributed by atoms with Crippen molar-refractivity contribution in [2.24, 2.45) is 0 Å². The van der Waals surface area contributed by atoms with Gasteiger partial charge in [0.2, 0.25) is 0 Å². The molecule has 2 rings (SSSR count). The number of thiazole rings is 1. The lowest BCUT2D eigenvalue weighted by molar-refractivity contribution is 0.0319. The highest BCUT2D eigenvalue weighted by molar-refractivity contribution is 7.09. The first-order valence-electron chi connectivity index (χ1n) is 7.38. The Morgan fingerprint density at radius 2 is 2.20 bits per heavy atom. The number of hydrogen-bond donors (Lipinski definition) is 1. The van der Waals surface area contributed by atoms with E-state index in [1.54, 1.807) is 11.3 Å². The number of hydrogen-bond acceptors (Lipinski definition) is 6. The molecule has 2 heterocycles. The van der Waals surface area contributed by atoms with Gasteiger partial charge in [-0.05, 0) is 6.42 Å². The van der Waals surface area contributed by atoms with E-state index >= 15 is 0 Å². The third kappa shape index (κ3) is 5.10. The molecule has 0 aliphatic carbocycles. The molecule has 1 aromatic heterocycles. The molecule has 1 aliphatic rings. The van der Waals surface area contributed by atoms with Crippen LogP contribution in [0.15, 0.2) is 5.38 Å². The van der Waals surface area contributed by atoms with Gasteiger partial charge in [0.15, 0.2) is 0 Å². The van der Waals surface area contributed by atoms with E-state index in [4.69, 9.17) is 4.74 Å². The fourth-order valence-electron chi connectivity index (χ4n) is 2.33. The molecule has 1 N–H and O–H groups in total. The van der Waals surface area contributed by atoms with Gasteiger partial charge in [0.05, 0.1) is 30.5 Å². The van der Waals surface area contributed by atoms with Crippen molar-refractivity contribution in [2.45, 2.75) is 19.9 Å². The minimum Gasteiger partial charge on any atom is -0.395 e. The van der Waals surface area contributed by atoms with E-state index in [0.29, 0.717) is 6.54 Å². The molecule has 0 aromatic carbocycles. The summed E-state index contributed by atoms with van der Waals surface area (Å²) in [4.78, 5) is 9.31. The largest absolute Gasteiger partial charge is 0.395 e. The van der Waals surface area contributed by atoms with E-state index < -0.39 is 0 Å². The monoisotopic (exact) mass is 299 g/mol. The first-order chi connectivity index (χ1) is 9.81. The smallest absolute Gasteiger partial charge is 0.0926 e. The summed E-state index contributed by atoms with van der Waals surface area (Å²) in [6, 6.07) is 0. The molecule has 20 heavy (non-hydrogen) atoms. The van der Waals surface area contributed by atoms with Gasteiger partial charge in [-0.1, -0.05) is 6.92 Å². The van der Waals surface area contributed by atoms with E-state index in [0.717, 1.165) is 58.1 Å². The zero-order valence-electron chi connectivity index (χ0n) is 12.3. The van der Waals surface area contributed by atoms with Crippen LogP contribution in [0.1, 0.15) is 17.6 Å². The quantitative estimate of drug-likeness (QED) is 0.770. The Bertz CT molecular complexity index is 380. The summed E-state index contributed by atoms with van der Waals surface area (Å²) < 4.78 is 5.36.